The van der Waals surface area contributed by atoms with Crippen LogP contribution < -0.4 is 4.90 Å². The standard InChI is InChI=1S/C14H16BrNO2/c1-16-7-3-4-10(14(17)18-2)8-11-9-12(15)5-6-13(11)16/h5-6,8-9H,3-4,7H2,1-2H3. The van der Waals surface area contributed by atoms with Crippen LogP contribution in [0.25, 0.3) is 6.08 Å². The second kappa shape index (κ2) is 5.57. The Morgan fingerprint density at radius 3 is 2.94 bits per heavy atom. The number of methoxy groups -OCH3 is 1. The second-order valence-electron chi connectivity index (χ2n) is 4.39. The zero-order chi connectivity index (χ0) is 13.1. The molecule has 0 saturated heterocycles. The van der Waals surface area contributed by atoms with Crippen molar-refractivity contribution in [3.8, 4) is 0 Å². The first-order valence-corrected chi connectivity index (χ1v) is 6.70. The van der Waals surface area contributed by atoms with Gasteiger partial charge < -0.3 is 9.64 Å². The summed E-state index contributed by atoms with van der Waals surface area (Å²) in [5.74, 6) is -0.231. The van der Waals surface area contributed by atoms with Gasteiger partial charge in [-0.1, -0.05) is 15.9 Å². The van der Waals surface area contributed by atoms with Crippen molar-refractivity contribution in [1.29, 1.82) is 0 Å². The predicted molar refractivity (Wildman–Crippen MR) is 76.6 cm³/mol. The van der Waals surface area contributed by atoms with Gasteiger partial charge in [-0.2, -0.15) is 0 Å². The van der Waals surface area contributed by atoms with Crippen molar-refractivity contribution in [2.24, 2.45) is 0 Å². The van der Waals surface area contributed by atoms with Crippen molar-refractivity contribution in [3.63, 3.8) is 0 Å². The minimum absolute atomic E-state index is 0.231. The van der Waals surface area contributed by atoms with E-state index in [1.165, 1.54) is 7.11 Å². The normalized spacial score (nSPS) is 15.3. The van der Waals surface area contributed by atoms with Gasteiger partial charge >= 0.3 is 5.97 Å². The van der Waals surface area contributed by atoms with Crippen molar-refractivity contribution >= 4 is 33.7 Å². The van der Waals surface area contributed by atoms with E-state index in [1.807, 2.05) is 18.2 Å². The number of hydrogen-bond acceptors (Lipinski definition) is 3. The van der Waals surface area contributed by atoms with Crippen LogP contribution in [0.4, 0.5) is 5.69 Å². The number of halogens is 1. The third kappa shape index (κ3) is 2.75. The van der Waals surface area contributed by atoms with E-state index in [1.54, 1.807) is 0 Å². The molecule has 0 aromatic heterocycles. The number of nitrogens with zero attached hydrogens (tertiary/aromatic N) is 1. The number of rotatable bonds is 1. The summed E-state index contributed by atoms with van der Waals surface area (Å²) in [6.07, 6.45) is 3.64. The lowest BCUT2D eigenvalue weighted by molar-refractivity contribution is -0.136. The highest BCUT2D eigenvalue weighted by Crippen LogP contribution is 2.29. The predicted octanol–water partition coefficient (Wildman–Crippen LogP) is 3.24. The lowest BCUT2D eigenvalue weighted by atomic mass is 10.0. The maximum Gasteiger partial charge on any atom is 0.333 e. The number of anilines is 1. The van der Waals surface area contributed by atoms with Crippen LogP contribution in [0.15, 0.2) is 28.2 Å². The summed E-state index contributed by atoms with van der Waals surface area (Å²) in [6.45, 7) is 0.933. The molecule has 0 bridgehead atoms. The van der Waals surface area contributed by atoms with Gasteiger partial charge in [0.2, 0.25) is 0 Å². The van der Waals surface area contributed by atoms with E-state index in [4.69, 9.17) is 4.74 Å². The van der Waals surface area contributed by atoms with Gasteiger partial charge in [-0.15, -0.1) is 0 Å². The molecule has 0 saturated carbocycles. The number of carbonyl (C=O) groups excluding carboxylic acids is 1. The number of fused-ring (bicyclic) bond motifs is 1. The van der Waals surface area contributed by atoms with Crippen LogP contribution in [0.3, 0.4) is 0 Å². The van der Waals surface area contributed by atoms with Crippen LogP contribution in [-0.2, 0) is 9.53 Å². The van der Waals surface area contributed by atoms with Gasteiger partial charge in [0.25, 0.3) is 0 Å². The highest BCUT2D eigenvalue weighted by atomic mass is 79.9. The smallest absolute Gasteiger partial charge is 0.333 e. The van der Waals surface area contributed by atoms with Gasteiger partial charge in [0.15, 0.2) is 0 Å². The van der Waals surface area contributed by atoms with Crippen molar-refractivity contribution in [1.82, 2.24) is 0 Å². The summed E-state index contributed by atoms with van der Waals surface area (Å²) in [6, 6.07) is 6.11. The maximum atomic E-state index is 11.7. The third-order valence-electron chi connectivity index (χ3n) is 3.12. The molecule has 0 fully saturated rings. The van der Waals surface area contributed by atoms with Gasteiger partial charge in [-0.05, 0) is 42.7 Å². The zero-order valence-electron chi connectivity index (χ0n) is 10.6. The van der Waals surface area contributed by atoms with Crippen LogP contribution in [-0.4, -0.2) is 26.7 Å². The molecule has 2 rings (SSSR count). The first-order chi connectivity index (χ1) is 8.61. The fraction of sp³-hybridized carbons (Fsp3) is 0.357. The molecular weight excluding hydrogens is 294 g/mol. The highest BCUT2D eigenvalue weighted by molar-refractivity contribution is 9.10. The molecule has 0 radical (unpaired) electrons. The number of esters is 1. The average molecular weight is 310 g/mol. The van der Waals surface area contributed by atoms with Gasteiger partial charge in [0, 0.05) is 29.3 Å². The van der Waals surface area contributed by atoms with Gasteiger partial charge in [0.05, 0.1) is 7.11 Å². The first-order valence-electron chi connectivity index (χ1n) is 5.91. The summed E-state index contributed by atoms with van der Waals surface area (Å²) in [5, 5.41) is 0. The molecule has 1 aliphatic heterocycles. The van der Waals surface area contributed by atoms with Crippen LogP contribution in [0.2, 0.25) is 0 Å². The Balaban J connectivity index is 2.49. The summed E-state index contributed by atoms with van der Waals surface area (Å²) >= 11 is 3.47. The van der Waals surface area contributed by atoms with Gasteiger partial charge in [-0.25, -0.2) is 4.79 Å². The number of carbonyl (C=O) groups is 1. The Labute approximate surface area is 116 Å². The van der Waals surface area contributed by atoms with Crippen LogP contribution in [0, 0.1) is 0 Å². The molecule has 1 aromatic rings. The summed E-state index contributed by atoms with van der Waals surface area (Å²) in [5.41, 5.74) is 2.93. The molecule has 0 aliphatic carbocycles. The molecule has 0 amide bonds. The number of benzene rings is 1. The van der Waals surface area contributed by atoms with E-state index < -0.39 is 0 Å². The fourth-order valence-electron chi connectivity index (χ4n) is 2.17. The zero-order valence-corrected chi connectivity index (χ0v) is 12.2. The van der Waals surface area contributed by atoms with Crippen molar-refractivity contribution in [2.45, 2.75) is 12.8 Å². The van der Waals surface area contributed by atoms with E-state index in [0.717, 1.165) is 40.7 Å². The second-order valence-corrected chi connectivity index (χ2v) is 5.31. The Morgan fingerprint density at radius 2 is 2.22 bits per heavy atom. The lowest BCUT2D eigenvalue weighted by Crippen LogP contribution is -2.21. The summed E-state index contributed by atoms with van der Waals surface area (Å²) in [4.78, 5) is 13.9. The topological polar surface area (TPSA) is 29.5 Å². The molecule has 1 aliphatic rings. The van der Waals surface area contributed by atoms with E-state index >= 15 is 0 Å². The van der Waals surface area contributed by atoms with Crippen LogP contribution in [0.1, 0.15) is 18.4 Å². The van der Waals surface area contributed by atoms with Gasteiger partial charge in [-0.3, -0.25) is 0 Å². The van der Waals surface area contributed by atoms with Gasteiger partial charge in [0.1, 0.15) is 0 Å². The molecule has 3 nitrogen and oxygen atoms in total. The molecule has 0 N–H and O–H groups in total. The summed E-state index contributed by atoms with van der Waals surface area (Å²) < 4.78 is 5.84. The number of ether oxygens (including phenoxy) is 1. The molecule has 0 atom stereocenters. The lowest BCUT2D eigenvalue weighted by Gasteiger charge is -2.24. The minimum Gasteiger partial charge on any atom is -0.466 e. The first kappa shape index (κ1) is 13.1. The monoisotopic (exact) mass is 309 g/mol. The SMILES string of the molecule is COC(=O)C1=Cc2cc(Br)ccc2N(C)CCC1. The van der Waals surface area contributed by atoms with Crippen LogP contribution >= 0.6 is 15.9 Å². The van der Waals surface area contributed by atoms with Crippen molar-refractivity contribution in [2.75, 3.05) is 25.6 Å². The Bertz CT molecular complexity index is 497. The van der Waals surface area contributed by atoms with E-state index in [0.29, 0.717) is 0 Å². The molecule has 96 valence electrons. The number of hydrogen-bond donors (Lipinski definition) is 0. The van der Waals surface area contributed by atoms with Crippen molar-refractivity contribution < 1.29 is 9.53 Å². The molecule has 0 spiro atoms. The molecule has 4 heteroatoms. The molecule has 0 unspecified atom stereocenters. The average Bonchev–Trinajstić information content (AvgIpc) is 2.34. The maximum absolute atomic E-state index is 11.7. The van der Waals surface area contributed by atoms with Crippen molar-refractivity contribution in [3.05, 3.63) is 33.8 Å². The Hall–Kier alpha value is -1.29. The van der Waals surface area contributed by atoms with E-state index in [-0.39, 0.29) is 5.97 Å². The fourth-order valence-corrected chi connectivity index (χ4v) is 2.55. The Kier molecular flexibility index (Phi) is 4.07. The molecule has 18 heavy (non-hydrogen) atoms. The molecule has 1 heterocycles. The quantitative estimate of drug-likeness (QED) is 0.746. The third-order valence-corrected chi connectivity index (χ3v) is 3.61. The largest absolute Gasteiger partial charge is 0.466 e. The van der Waals surface area contributed by atoms with Crippen LogP contribution in [0.5, 0.6) is 0 Å². The molecular formula is C14H16BrNO2. The molecule has 1 aromatic carbocycles. The minimum atomic E-state index is -0.231. The highest BCUT2D eigenvalue weighted by Gasteiger charge is 2.16. The Morgan fingerprint density at radius 1 is 1.44 bits per heavy atom. The van der Waals surface area contributed by atoms with E-state index in [2.05, 4.69) is 33.9 Å². The summed E-state index contributed by atoms with van der Waals surface area (Å²) in [7, 11) is 3.50. The van der Waals surface area contributed by atoms with E-state index in [9.17, 15) is 4.79 Å².